The number of hydrogen-bond donors (Lipinski definition) is 1. The van der Waals surface area contributed by atoms with Crippen LogP contribution >= 0.6 is 0 Å². The third-order valence-electron chi connectivity index (χ3n) is 3.17. The Morgan fingerprint density at radius 1 is 1.28 bits per heavy atom. The minimum Gasteiger partial charge on any atom is -0.396 e. The number of aromatic nitrogens is 2. The van der Waals surface area contributed by atoms with E-state index in [2.05, 4.69) is 44.1 Å². The lowest BCUT2D eigenvalue weighted by Gasteiger charge is -2.05. The number of nitrogens with zero attached hydrogens (tertiary/aromatic N) is 2. The first-order chi connectivity index (χ1) is 8.61. The summed E-state index contributed by atoms with van der Waals surface area (Å²) in [5.41, 5.74) is 11.4. The maximum absolute atomic E-state index is 6.07. The summed E-state index contributed by atoms with van der Waals surface area (Å²) < 4.78 is 1.95. The molecule has 3 heteroatoms. The maximum atomic E-state index is 6.07. The lowest BCUT2D eigenvalue weighted by Crippen LogP contribution is -1.98. The van der Waals surface area contributed by atoms with E-state index >= 15 is 0 Å². The van der Waals surface area contributed by atoms with Crippen LogP contribution < -0.4 is 5.73 Å². The van der Waals surface area contributed by atoms with E-state index in [1.807, 2.05) is 10.9 Å². The van der Waals surface area contributed by atoms with Crippen LogP contribution in [-0.2, 0) is 6.54 Å². The largest absolute Gasteiger partial charge is 0.396 e. The highest BCUT2D eigenvalue weighted by Gasteiger charge is 2.10. The molecule has 0 spiro atoms. The van der Waals surface area contributed by atoms with Gasteiger partial charge in [-0.25, -0.2) is 0 Å². The van der Waals surface area contributed by atoms with Crippen molar-refractivity contribution in [3.63, 3.8) is 0 Å². The van der Waals surface area contributed by atoms with Crippen LogP contribution in [0.3, 0.4) is 0 Å². The molecule has 18 heavy (non-hydrogen) atoms. The zero-order valence-corrected chi connectivity index (χ0v) is 11.4. The topological polar surface area (TPSA) is 43.8 Å². The van der Waals surface area contributed by atoms with Crippen LogP contribution in [0.1, 0.15) is 30.9 Å². The molecule has 1 heterocycles. The normalized spacial score (nSPS) is 10.8. The molecule has 0 amide bonds. The molecule has 0 saturated heterocycles. The smallest absolute Gasteiger partial charge is 0.115 e. The Morgan fingerprint density at radius 3 is 2.72 bits per heavy atom. The van der Waals surface area contributed by atoms with E-state index in [1.54, 1.807) is 0 Å². The second kappa shape index (κ2) is 5.25. The van der Waals surface area contributed by atoms with Gasteiger partial charge in [-0.05, 0) is 25.8 Å². The van der Waals surface area contributed by atoms with Crippen LogP contribution in [0.4, 0.5) is 5.69 Å². The first kappa shape index (κ1) is 12.7. The molecule has 0 bridgehead atoms. The van der Waals surface area contributed by atoms with Crippen LogP contribution in [0.15, 0.2) is 24.4 Å². The quantitative estimate of drug-likeness (QED) is 0.892. The molecule has 0 aliphatic rings. The molecule has 1 aromatic carbocycles. The fourth-order valence-corrected chi connectivity index (χ4v) is 2.16. The Bertz CT molecular complexity index is 541. The van der Waals surface area contributed by atoms with E-state index in [4.69, 9.17) is 5.73 Å². The van der Waals surface area contributed by atoms with Gasteiger partial charge in [0.2, 0.25) is 0 Å². The SMILES string of the molecule is CCCCn1cc(N)c(-c2ccc(C)cc2C)n1. The van der Waals surface area contributed by atoms with Crippen LogP contribution in [0, 0.1) is 13.8 Å². The van der Waals surface area contributed by atoms with Gasteiger partial charge in [-0.15, -0.1) is 0 Å². The molecule has 0 fully saturated rings. The number of aryl methyl sites for hydroxylation is 3. The maximum Gasteiger partial charge on any atom is 0.115 e. The van der Waals surface area contributed by atoms with Crippen molar-refractivity contribution in [2.24, 2.45) is 0 Å². The molecule has 2 aromatic rings. The Kier molecular flexibility index (Phi) is 3.70. The summed E-state index contributed by atoms with van der Waals surface area (Å²) in [4.78, 5) is 0. The van der Waals surface area contributed by atoms with Crippen LogP contribution in [0.25, 0.3) is 11.3 Å². The second-order valence-corrected chi connectivity index (χ2v) is 4.87. The van der Waals surface area contributed by atoms with E-state index in [1.165, 1.54) is 17.5 Å². The number of anilines is 1. The molecule has 96 valence electrons. The number of rotatable bonds is 4. The minimum absolute atomic E-state index is 0.762. The summed E-state index contributed by atoms with van der Waals surface area (Å²) in [6, 6.07) is 6.38. The van der Waals surface area contributed by atoms with Gasteiger partial charge in [0.15, 0.2) is 0 Å². The minimum atomic E-state index is 0.762. The molecule has 3 nitrogen and oxygen atoms in total. The zero-order chi connectivity index (χ0) is 13.1. The van der Waals surface area contributed by atoms with Gasteiger partial charge in [-0.3, -0.25) is 4.68 Å². The van der Waals surface area contributed by atoms with Crippen molar-refractivity contribution in [3.05, 3.63) is 35.5 Å². The lowest BCUT2D eigenvalue weighted by molar-refractivity contribution is 0.573. The van der Waals surface area contributed by atoms with Crippen molar-refractivity contribution in [2.45, 2.75) is 40.2 Å². The number of nitrogen functional groups attached to an aromatic ring is 1. The fourth-order valence-electron chi connectivity index (χ4n) is 2.16. The molecule has 0 saturated carbocycles. The fraction of sp³-hybridized carbons (Fsp3) is 0.400. The van der Waals surface area contributed by atoms with Gasteiger partial charge in [0, 0.05) is 18.3 Å². The van der Waals surface area contributed by atoms with Gasteiger partial charge in [0.1, 0.15) is 5.69 Å². The Morgan fingerprint density at radius 2 is 2.06 bits per heavy atom. The molecule has 2 N–H and O–H groups in total. The van der Waals surface area contributed by atoms with Crippen LogP contribution in [0.2, 0.25) is 0 Å². The summed E-state index contributed by atoms with van der Waals surface area (Å²) in [6.45, 7) is 7.32. The molecular formula is C15H21N3. The molecule has 0 atom stereocenters. The van der Waals surface area contributed by atoms with E-state index < -0.39 is 0 Å². The molecule has 0 radical (unpaired) electrons. The van der Waals surface area contributed by atoms with E-state index in [-0.39, 0.29) is 0 Å². The van der Waals surface area contributed by atoms with Crippen molar-refractivity contribution >= 4 is 5.69 Å². The summed E-state index contributed by atoms with van der Waals surface area (Å²) in [7, 11) is 0. The highest BCUT2D eigenvalue weighted by atomic mass is 15.3. The zero-order valence-electron chi connectivity index (χ0n) is 11.4. The van der Waals surface area contributed by atoms with Gasteiger partial charge in [0.25, 0.3) is 0 Å². The third kappa shape index (κ3) is 2.55. The molecular weight excluding hydrogens is 222 g/mol. The highest BCUT2D eigenvalue weighted by molar-refractivity contribution is 5.74. The second-order valence-electron chi connectivity index (χ2n) is 4.87. The summed E-state index contributed by atoms with van der Waals surface area (Å²) in [6.07, 6.45) is 4.23. The standard InChI is InChI=1S/C15H21N3/c1-4-5-8-18-10-14(16)15(17-18)13-7-6-11(2)9-12(13)3/h6-7,9-10H,4-5,8,16H2,1-3H3. The average Bonchev–Trinajstić information content (AvgIpc) is 2.68. The lowest BCUT2D eigenvalue weighted by atomic mass is 10.0. The van der Waals surface area contributed by atoms with Crippen LogP contribution in [-0.4, -0.2) is 9.78 Å². The predicted molar refractivity (Wildman–Crippen MR) is 76.5 cm³/mol. The van der Waals surface area contributed by atoms with Gasteiger partial charge in [0.05, 0.1) is 5.69 Å². The van der Waals surface area contributed by atoms with Crippen molar-refractivity contribution in [3.8, 4) is 11.3 Å². The number of nitrogens with two attached hydrogens (primary N) is 1. The molecule has 0 aliphatic heterocycles. The summed E-state index contributed by atoms with van der Waals surface area (Å²) in [5.74, 6) is 0. The van der Waals surface area contributed by atoms with Gasteiger partial charge in [-0.1, -0.05) is 37.1 Å². The average molecular weight is 243 g/mol. The van der Waals surface area contributed by atoms with Crippen molar-refractivity contribution in [2.75, 3.05) is 5.73 Å². The predicted octanol–water partition coefficient (Wildman–Crippen LogP) is 3.55. The Hall–Kier alpha value is -1.77. The number of benzene rings is 1. The van der Waals surface area contributed by atoms with Crippen molar-refractivity contribution in [1.82, 2.24) is 9.78 Å². The molecule has 2 rings (SSSR count). The Labute approximate surface area is 109 Å². The molecule has 1 aromatic heterocycles. The molecule has 0 unspecified atom stereocenters. The first-order valence-electron chi connectivity index (χ1n) is 6.52. The van der Waals surface area contributed by atoms with Crippen molar-refractivity contribution in [1.29, 1.82) is 0 Å². The Balaban J connectivity index is 2.35. The van der Waals surface area contributed by atoms with E-state index in [0.29, 0.717) is 0 Å². The monoisotopic (exact) mass is 243 g/mol. The summed E-state index contributed by atoms with van der Waals surface area (Å²) >= 11 is 0. The van der Waals surface area contributed by atoms with Gasteiger partial charge in [-0.2, -0.15) is 5.10 Å². The highest BCUT2D eigenvalue weighted by Crippen LogP contribution is 2.27. The number of unbranched alkanes of at least 4 members (excludes halogenated alkanes) is 1. The van der Waals surface area contributed by atoms with E-state index in [0.717, 1.165) is 29.9 Å². The molecule has 0 aliphatic carbocycles. The van der Waals surface area contributed by atoms with Gasteiger partial charge < -0.3 is 5.73 Å². The number of hydrogen-bond acceptors (Lipinski definition) is 2. The first-order valence-corrected chi connectivity index (χ1v) is 6.52. The van der Waals surface area contributed by atoms with E-state index in [9.17, 15) is 0 Å². The third-order valence-corrected chi connectivity index (χ3v) is 3.17. The van der Waals surface area contributed by atoms with Crippen molar-refractivity contribution < 1.29 is 0 Å². The summed E-state index contributed by atoms with van der Waals surface area (Å²) in [5, 5.41) is 4.60. The van der Waals surface area contributed by atoms with Crippen LogP contribution in [0.5, 0.6) is 0 Å². The van der Waals surface area contributed by atoms with Gasteiger partial charge >= 0.3 is 0 Å².